The van der Waals surface area contributed by atoms with Crippen LogP contribution in [0.25, 0.3) is 0 Å². The van der Waals surface area contributed by atoms with Gasteiger partial charge in [0.2, 0.25) is 0 Å². The van der Waals surface area contributed by atoms with Gasteiger partial charge in [0.25, 0.3) is 0 Å². The van der Waals surface area contributed by atoms with Crippen molar-refractivity contribution in [3.05, 3.63) is 40.4 Å². The minimum atomic E-state index is 0.278. The van der Waals surface area contributed by atoms with Crippen LogP contribution >= 0.6 is 11.6 Å². The second kappa shape index (κ2) is 4.85. The molecule has 0 radical (unpaired) electrons. The van der Waals surface area contributed by atoms with Gasteiger partial charge < -0.3 is 9.84 Å². The van der Waals surface area contributed by atoms with Gasteiger partial charge in [0.05, 0.1) is 23.9 Å². The van der Waals surface area contributed by atoms with Gasteiger partial charge in [0.15, 0.2) is 5.76 Å². The summed E-state index contributed by atoms with van der Waals surface area (Å²) in [5.41, 5.74) is 1.28. The van der Waals surface area contributed by atoms with Crippen LogP contribution in [0, 0.1) is 18.3 Å². The Bertz CT molecular complexity index is 573. The zero-order valence-corrected chi connectivity index (χ0v) is 9.82. The van der Waals surface area contributed by atoms with Crippen LogP contribution in [0.2, 0.25) is 5.15 Å². The van der Waals surface area contributed by atoms with Crippen LogP contribution in [-0.4, -0.2) is 10.1 Å². The molecule has 6 heteroatoms. The van der Waals surface area contributed by atoms with E-state index in [0.29, 0.717) is 23.7 Å². The minimum absolute atomic E-state index is 0.278. The Morgan fingerprint density at radius 2 is 2.29 bits per heavy atom. The number of aromatic nitrogens is 2. The number of hydrogen-bond donors (Lipinski definition) is 1. The fourth-order valence-corrected chi connectivity index (χ4v) is 1.54. The molecule has 0 aliphatic rings. The molecule has 86 valence electrons. The molecule has 0 saturated heterocycles. The fraction of sp³-hybridized carbons (Fsp3) is 0.182. The zero-order chi connectivity index (χ0) is 12.3. The van der Waals surface area contributed by atoms with Crippen LogP contribution in [0.15, 0.2) is 22.7 Å². The molecule has 0 bridgehead atoms. The third-order valence-electron chi connectivity index (χ3n) is 2.04. The van der Waals surface area contributed by atoms with Crippen molar-refractivity contribution in [1.82, 2.24) is 10.1 Å². The lowest BCUT2D eigenvalue weighted by Crippen LogP contribution is -2.01. The molecule has 1 N–H and O–H groups in total. The predicted molar refractivity (Wildman–Crippen MR) is 62.5 cm³/mol. The highest BCUT2D eigenvalue weighted by Gasteiger charge is 2.03. The summed E-state index contributed by atoms with van der Waals surface area (Å²) in [4.78, 5) is 4.04. The van der Waals surface area contributed by atoms with E-state index in [9.17, 15) is 0 Å². The van der Waals surface area contributed by atoms with Gasteiger partial charge in [0, 0.05) is 6.07 Å². The Balaban J connectivity index is 2.09. The number of rotatable bonds is 3. The number of pyridine rings is 1. The van der Waals surface area contributed by atoms with Gasteiger partial charge in [-0.3, -0.25) is 0 Å². The molecule has 2 heterocycles. The van der Waals surface area contributed by atoms with E-state index in [-0.39, 0.29) is 5.15 Å². The summed E-state index contributed by atoms with van der Waals surface area (Å²) in [5.74, 6) is 1.23. The van der Waals surface area contributed by atoms with E-state index in [4.69, 9.17) is 21.4 Å². The van der Waals surface area contributed by atoms with Crippen LogP contribution in [0.5, 0.6) is 0 Å². The molecule has 2 aromatic rings. The molecule has 0 saturated carbocycles. The van der Waals surface area contributed by atoms with Crippen molar-refractivity contribution in [1.29, 1.82) is 5.26 Å². The van der Waals surface area contributed by atoms with Crippen molar-refractivity contribution in [3.63, 3.8) is 0 Å². The SMILES string of the molecule is Cc1cc(CNc2cc(C#N)cc(Cl)n2)on1. The quantitative estimate of drug-likeness (QED) is 0.845. The van der Waals surface area contributed by atoms with E-state index in [1.54, 1.807) is 6.07 Å². The molecule has 0 spiro atoms. The maximum absolute atomic E-state index is 8.78. The molecule has 0 aliphatic heterocycles. The first-order valence-electron chi connectivity index (χ1n) is 4.91. The van der Waals surface area contributed by atoms with Gasteiger partial charge in [-0.05, 0) is 19.1 Å². The molecule has 0 amide bonds. The molecule has 0 unspecified atom stereocenters. The Hall–Kier alpha value is -2.06. The highest BCUT2D eigenvalue weighted by atomic mass is 35.5. The van der Waals surface area contributed by atoms with Crippen molar-refractivity contribution in [2.75, 3.05) is 5.32 Å². The average molecular weight is 249 g/mol. The number of anilines is 1. The summed E-state index contributed by atoms with van der Waals surface area (Å²) in [6, 6.07) is 6.96. The van der Waals surface area contributed by atoms with Gasteiger partial charge in [-0.15, -0.1) is 0 Å². The highest BCUT2D eigenvalue weighted by molar-refractivity contribution is 6.29. The number of nitrogens with zero attached hydrogens (tertiary/aromatic N) is 3. The largest absolute Gasteiger partial charge is 0.363 e. The lowest BCUT2D eigenvalue weighted by molar-refractivity contribution is 0.384. The summed E-state index contributed by atoms with van der Waals surface area (Å²) >= 11 is 5.78. The molecule has 0 fully saturated rings. The molecule has 0 aromatic carbocycles. The third-order valence-corrected chi connectivity index (χ3v) is 2.24. The van der Waals surface area contributed by atoms with E-state index in [2.05, 4.69) is 15.5 Å². The Kier molecular flexibility index (Phi) is 3.26. The van der Waals surface area contributed by atoms with E-state index in [0.717, 1.165) is 5.69 Å². The molecule has 0 atom stereocenters. The Morgan fingerprint density at radius 3 is 2.94 bits per heavy atom. The van der Waals surface area contributed by atoms with Gasteiger partial charge in [-0.2, -0.15) is 5.26 Å². The van der Waals surface area contributed by atoms with Crippen LogP contribution < -0.4 is 5.32 Å². The summed E-state index contributed by atoms with van der Waals surface area (Å²) in [7, 11) is 0. The molecular weight excluding hydrogens is 240 g/mol. The fourth-order valence-electron chi connectivity index (χ4n) is 1.33. The van der Waals surface area contributed by atoms with Crippen LogP contribution in [-0.2, 0) is 6.54 Å². The monoisotopic (exact) mass is 248 g/mol. The van der Waals surface area contributed by atoms with E-state index in [1.165, 1.54) is 6.07 Å². The Morgan fingerprint density at radius 1 is 1.47 bits per heavy atom. The number of halogens is 1. The minimum Gasteiger partial charge on any atom is -0.363 e. The number of aryl methyl sites for hydroxylation is 1. The normalized spacial score (nSPS) is 9.94. The molecule has 2 rings (SSSR count). The molecule has 0 aliphatic carbocycles. The van der Waals surface area contributed by atoms with Crippen molar-refractivity contribution in [2.45, 2.75) is 13.5 Å². The van der Waals surface area contributed by atoms with Gasteiger partial charge in [-0.1, -0.05) is 16.8 Å². The van der Waals surface area contributed by atoms with E-state index < -0.39 is 0 Å². The van der Waals surface area contributed by atoms with Gasteiger partial charge >= 0.3 is 0 Å². The lowest BCUT2D eigenvalue weighted by Gasteiger charge is -2.03. The second-order valence-corrected chi connectivity index (χ2v) is 3.85. The lowest BCUT2D eigenvalue weighted by atomic mass is 10.3. The number of hydrogen-bond acceptors (Lipinski definition) is 5. The maximum Gasteiger partial charge on any atom is 0.156 e. The summed E-state index contributed by atoms with van der Waals surface area (Å²) in [6.45, 7) is 2.29. The first-order valence-corrected chi connectivity index (χ1v) is 5.29. The molecule has 5 nitrogen and oxygen atoms in total. The van der Waals surface area contributed by atoms with Crippen LogP contribution in [0.1, 0.15) is 17.0 Å². The predicted octanol–water partition coefficient (Wildman–Crippen LogP) is 2.52. The van der Waals surface area contributed by atoms with Gasteiger partial charge in [-0.25, -0.2) is 4.98 Å². The molecule has 17 heavy (non-hydrogen) atoms. The first kappa shape index (κ1) is 11.4. The smallest absolute Gasteiger partial charge is 0.156 e. The standard InChI is InChI=1S/C11H9ClN4O/c1-7-2-9(17-16-7)6-14-11-4-8(5-13)3-10(12)15-11/h2-4H,6H2,1H3,(H,14,15). The van der Waals surface area contributed by atoms with Crippen molar-refractivity contribution in [3.8, 4) is 6.07 Å². The summed E-state index contributed by atoms with van der Waals surface area (Å²) < 4.78 is 5.03. The maximum atomic E-state index is 8.78. The first-order chi connectivity index (χ1) is 8.17. The van der Waals surface area contributed by atoms with E-state index in [1.807, 2.05) is 19.1 Å². The van der Waals surface area contributed by atoms with Crippen LogP contribution in [0.3, 0.4) is 0 Å². The number of nitriles is 1. The molecule has 2 aromatic heterocycles. The summed E-state index contributed by atoms with van der Waals surface area (Å²) in [6.07, 6.45) is 0. The third kappa shape index (κ3) is 2.95. The Labute approximate surface area is 103 Å². The topological polar surface area (TPSA) is 74.7 Å². The van der Waals surface area contributed by atoms with Crippen molar-refractivity contribution < 1.29 is 4.52 Å². The summed E-state index contributed by atoms with van der Waals surface area (Å²) in [5, 5.41) is 15.8. The average Bonchev–Trinajstić information content (AvgIpc) is 2.72. The van der Waals surface area contributed by atoms with E-state index >= 15 is 0 Å². The van der Waals surface area contributed by atoms with Crippen LogP contribution in [0.4, 0.5) is 5.82 Å². The zero-order valence-electron chi connectivity index (χ0n) is 9.07. The highest BCUT2D eigenvalue weighted by Crippen LogP contribution is 2.14. The number of nitrogens with one attached hydrogen (secondary N) is 1. The second-order valence-electron chi connectivity index (χ2n) is 3.46. The van der Waals surface area contributed by atoms with Crippen molar-refractivity contribution in [2.24, 2.45) is 0 Å². The van der Waals surface area contributed by atoms with Crippen molar-refractivity contribution >= 4 is 17.4 Å². The molecular formula is C11H9ClN4O. The van der Waals surface area contributed by atoms with Gasteiger partial charge in [0.1, 0.15) is 11.0 Å².